The molecule has 0 amide bonds. The predicted molar refractivity (Wildman–Crippen MR) is 63.7 cm³/mol. The van der Waals surface area contributed by atoms with Crippen molar-refractivity contribution in [3.63, 3.8) is 0 Å². The minimum atomic E-state index is -1.61. The van der Waals surface area contributed by atoms with Crippen LogP contribution in [0.5, 0.6) is 0 Å². The van der Waals surface area contributed by atoms with Crippen molar-refractivity contribution >= 4 is 17.0 Å². The Balaban J connectivity index is 2.28. The number of rotatable bonds is 4. The molecule has 0 radical (unpaired) electrons. The Hall–Kier alpha value is -1.92. The molecule has 0 aromatic carbocycles. The van der Waals surface area contributed by atoms with Gasteiger partial charge in [0, 0.05) is 23.3 Å². The van der Waals surface area contributed by atoms with Crippen molar-refractivity contribution in [3.05, 3.63) is 30.1 Å². The molecule has 0 aliphatic rings. The number of aliphatic hydroxyl groups excluding tert-OH is 2. The molecule has 18 heavy (non-hydrogen) atoms. The first kappa shape index (κ1) is 12.5. The summed E-state index contributed by atoms with van der Waals surface area (Å²) in [5.41, 5.74) is 1.00. The maximum absolute atomic E-state index is 11.4. The quantitative estimate of drug-likeness (QED) is 0.687. The van der Waals surface area contributed by atoms with Crippen LogP contribution in [0.3, 0.4) is 0 Å². The molecule has 0 saturated heterocycles. The first-order chi connectivity index (χ1) is 8.65. The van der Waals surface area contributed by atoms with Gasteiger partial charge in [-0.05, 0) is 19.1 Å². The van der Waals surface area contributed by atoms with E-state index in [1.165, 1.54) is 6.20 Å². The van der Waals surface area contributed by atoms with E-state index in [9.17, 15) is 15.0 Å². The lowest BCUT2D eigenvalue weighted by Gasteiger charge is -2.15. The second kappa shape index (κ2) is 5.16. The molecule has 0 aliphatic carbocycles. The van der Waals surface area contributed by atoms with Crippen LogP contribution in [0, 0.1) is 0 Å². The van der Waals surface area contributed by atoms with Gasteiger partial charge in [-0.2, -0.15) is 0 Å². The van der Waals surface area contributed by atoms with Crippen LogP contribution in [-0.4, -0.2) is 38.9 Å². The fourth-order valence-corrected chi connectivity index (χ4v) is 1.75. The van der Waals surface area contributed by atoms with Gasteiger partial charge in [0.25, 0.3) is 0 Å². The molecule has 2 unspecified atom stereocenters. The van der Waals surface area contributed by atoms with E-state index >= 15 is 0 Å². The Bertz CT molecular complexity index is 552. The third kappa shape index (κ3) is 2.20. The maximum Gasteiger partial charge on any atom is 0.338 e. The highest BCUT2D eigenvalue weighted by Crippen LogP contribution is 2.25. The van der Waals surface area contributed by atoms with Crippen molar-refractivity contribution in [2.45, 2.75) is 19.1 Å². The van der Waals surface area contributed by atoms with E-state index in [0.717, 1.165) is 0 Å². The molecular weight excluding hydrogens is 236 g/mol. The summed E-state index contributed by atoms with van der Waals surface area (Å²) in [6, 6.07) is 3.46. The van der Waals surface area contributed by atoms with Gasteiger partial charge in [0.2, 0.25) is 0 Å². The number of fused-ring (bicyclic) bond motifs is 1. The first-order valence-electron chi connectivity index (χ1n) is 5.60. The second-order valence-corrected chi connectivity index (χ2v) is 3.79. The van der Waals surface area contributed by atoms with Gasteiger partial charge in [-0.1, -0.05) is 0 Å². The van der Waals surface area contributed by atoms with Gasteiger partial charge < -0.3 is 19.9 Å². The lowest BCUT2D eigenvalue weighted by atomic mass is 10.0. The van der Waals surface area contributed by atoms with Gasteiger partial charge in [-0.3, -0.25) is 0 Å². The molecule has 3 N–H and O–H groups in total. The van der Waals surface area contributed by atoms with Crippen molar-refractivity contribution in [2.24, 2.45) is 0 Å². The van der Waals surface area contributed by atoms with Crippen LogP contribution in [0.15, 0.2) is 24.5 Å². The Morgan fingerprint density at radius 2 is 2.33 bits per heavy atom. The molecule has 0 fully saturated rings. The van der Waals surface area contributed by atoms with Gasteiger partial charge in [0.1, 0.15) is 11.8 Å². The summed E-state index contributed by atoms with van der Waals surface area (Å²) in [5, 5.41) is 20.3. The number of esters is 1. The fourth-order valence-electron chi connectivity index (χ4n) is 1.75. The number of aliphatic hydroxyl groups is 2. The van der Waals surface area contributed by atoms with Crippen molar-refractivity contribution in [3.8, 4) is 0 Å². The fraction of sp³-hybridized carbons (Fsp3) is 0.333. The predicted octanol–water partition coefficient (Wildman–Crippen LogP) is 0.520. The number of pyridine rings is 1. The molecule has 96 valence electrons. The molecule has 2 rings (SSSR count). The van der Waals surface area contributed by atoms with Crippen molar-refractivity contribution in [1.82, 2.24) is 9.97 Å². The summed E-state index contributed by atoms with van der Waals surface area (Å²) in [7, 11) is 0. The lowest BCUT2D eigenvalue weighted by molar-refractivity contribution is -0.159. The Morgan fingerprint density at radius 3 is 3.06 bits per heavy atom. The summed E-state index contributed by atoms with van der Waals surface area (Å²) < 4.78 is 4.66. The average Bonchev–Trinajstić information content (AvgIpc) is 2.81. The molecular formula is C12H14N2O4. The molecule has 2 aromatic rings. The number of aromatic amines is 1. The zero-order valence-corrected chi connectivity index (χ0v) is 9.83. The van der Waals surface area contributed by atoms with E-state index in [2.05, 4.69) is 14.7 Å². The summed E-state index contributed by atoms with van der Waals surface area (Å²) in [6.45, 7) is 1.78. The zero-order valence-electron chi connectivity index (χ0n) is 9.83. The van der Waals surface area contributed by atoms with E-state index in [0.29, 0.717) is 16.6 Å². The van der Waals surface area contributed by atoms with E-state index in [4.69, 9.17) is 0 Å². The van der Waals surface area contributed by atoms with Crippen molar-refractivity contribution in [1.29, 1.82) is 0 Å². The molecule has 6 nitrogen and oxygen atoms in total. The number of ether oxygens (including phenoxy) is 1. The SMILES string of the molecule is CCOC(=O)C(O)C(O)c1c[nH]c2ncccc12. The minimum absolute atomic E-state index is 0.151. The van der Waals surface area contributed by atoms with Crippen LogP contribution >= 0.6 is 0 Å². The number of nitrogens with one attached hydrogen (secondary N) is 1. The Kier molecular flexibility index (Phi) is 3.59. The number of hydrogen-bond acceptors (Lipinski definition) is 5. The van der Waals surface area contributed by atoms with Crippen LogP contribution in [-0.2, 0) is 9.53 Å². The van der Waals surface area contributed by atoms with Crippen molar-refractivity contribution < 1.29 is 19.7 Å². The van der Waals surface area contributed by atoms with Gasteiger partial charge in [-0.15, -0.1) is 0 Å². The number of carbonyl (C=O) groups excluding carboxylic acids is 1. The van der Waals surface area contributed by atoms with E-state index in [-0.39, 0.29) is 6.61 Å². The minimum Gasteiger partial charge on any atom is -0.464 e. The monoisotopic (exact) mass is 250 g/mol. The molecule has 6 heteroatoms. The standard InChI is InChI=1S/C12H14N2O4/c1-2-18-12(17)10(16)9(15)8-6-14-11-7(8)4-3-5-13-11/h3-6,9-10,15-16H,2H2,1H3,(H,13,14). The molecule has 0 saturated carbocycles. The van der Waals surface area contributed by atoms with Gasteiger partial charge >= 0.3 is 5.97 Å². The lowest BCUT2D eigenvalue weighted by Crippen LogP contribution is -2.29. The second-order valence-electron chi connectivity index (χ2n) is 3.79. The molecule has 0 spiro atoms. The third-order valence-corrected chi connectivity index (χ3v) is 2.63. The number of nitrogens with zero attached hydrogens (tertiary/aromatic N) is 1. The van der Waals surface area contributed by atoms with Gasteiger partial charge in [0.15, 0.2) is 6.10 Å². The number of H-pyrrole nitrogens is 1. The Labute approximate surface area is 103 Å². The number of hydrogen-bond donors (Lipinski definition) is 3. The van der Waals surface area contributed by atoms with E-state index in [1.54, 1.807) is 25.3 Å². The first-order valence-corrected chi connectivity index (χ1v) is 5.60. The molecule has 0 bridgehead atoms. The number of aromatic nitrogens is 2. The smallest absolute Gasteiger partial charge is 0.338 e. The number of carbonyl (C=O) groups is 1. The van der Waals surface area contributed by atoms with Gasteiger partial charge in [0.05, 0.1) is 6.61 Å². The largest absolute Gasteiger partial charge is 0.464 e. The van der Waals surface area contributed by atoms with Crippen LogP contribution in [0.4, 0.5) is 0 Å². The highest BCUT2D eigenvalue weighted by Gasteiger charge is 2.28. The highest BCUT2D eigenvalue weighted by atomic mass is 16.5. The third-order valence-electron chi connectivity index (χ3n) is 2.63. The summed E-state index contributed by atoms with van der Waals surface area (Å²) >= 11 is 0. The van der Waals surface area contributed by atoms with Crippen LogP contribution < -0.4 is 0 Å². The molecule has 2 atom stereocenters. The van der Waals surface area contributed by atoms with E-state index < -0.39 is 18.2 Å². The molecule has 2 aromatic heterocycles. The normalized spacial score (nSPS) is 14.4. The van der Waals surface area contributed by atoms with Gasteiger partial charge in [-0.25, -0.2) is 9.78 Å². The summed E-state index contributed by atoms with van der Waals surface area (Å²) in [4.78, 5) is 18.3. The maximum atomic E-state index is 11.4. The zero-order chi connectivity index (χ0) is 13.1. The van der Waals surface area contributed by atoms with Crippen LogP contribution in [0.2, 0.25) is 0 Å². The molecule has 2 heterocycles. The molecule has 0 aliphatic heterocycles. The van der Waals surface area contributed by atoms with Crippen molar-refractivity contribution in [2.75, 3.05) is 6.61 Å². The van der Waals surface area contributed by atoms with E-state index in [1.807, 2.05) is 0 Å². The summed E-state index contributed by atoms with van der Waals surface area (Å²) in [5.74, 6) is -0.844. The average molecular weight is 250 g/mol. The van der Waals surface area contributed by atoms with Crippen LogP contribution in [0.1, 0.15) is 18.6 Å². The topological polar surface area (TPSA) is 95.4 Å². The van der Waals surface area contributed by atoms with Crippen LogP contribution in [0.25, 0.3) is 11.0 Å². The Morgan fingerprint density at radius 1 is 1.56 bits per heavy atom. The highest BCUT2D eigenvalue weighted by molar-refractivity contribution is 5.82. The summed E-state index contributed by atoms with van der Waals surface area (Å²) in [6.07, 6.45) is 0.174.